The van der Waals surface area contributed by atoms with E-state index in [4.69, 9.17) is 27.6 Å². The lowest BCUT2D eigenvalue weighted by atomic mass is 10.1. The van der Waals surface area contributed by atoms with Crippen molar-refractivity contribution in [2.24, 2.45) is 10.9 Å². The van der Waals surface area contributed by atoms with E-state index in [-0.39, 0.29) is 12.3 Å². The van der Waals surface area contributed by atoms with E-state index in [0.717, 1.165) is 12.4 Å². The van der Waals surface area contributed by atoms with Gasteiger partial charge in [0.25, 0.3) is 0 Å². The summed E-state index contributed by atoms with van der Waals surface area (Å²) in [5.74, 6) is 5.81. The number of pyridine rings is 1. The van der Waals surface area contributed by atoms with Gasteiger partial charge in [0.1, 0.15) is 22.8 Å². The summed E-state index contributed by atoms with van der Waals surface area (Å²) in [5.41, 5.74) is 1.66. The van der Waals surface area contributed by atoms with Crippen LogP contribution in [0.2, 0.25) is 5.02 Å². The predicted molar refractivity (Wildman–Crippen MR) is 95.5 cm³/mol. The minimum Gasteiger partial charge on any atom is -0.491 e. The maximum Gasteiger partial charge on any atom is 0.159 e. The molecule has 0 aliphatic carbocycles. The number of hydrogen-bond donors (Lipinski definition) is 2. The van der Waals surface area contributed by atoms with E-state index >= 15 is 0 Å². The summed E-state index contributed by atoms with van der Waals surface area (Å²) in [4.78, 5) is 7.78. The number of aromatic nitrogens is 4. The van der Waals surface area contributed by atoms with Crippen molar-refractivity contribution in [3.05, 3.63) is 53.1 Å². The fraction of sp³-hybridized carbons (Fsp3) is 0.188. The van der Waals surface area contributed by atoms with Gasteiger partial charge in [0, 0.05) is 18.2 Å². The van der Waals surface area contributed by atoms with Crippen molar-refractivity contribution in [1.29, 1.82) is 5.41 Å². The Bertz CT molecular complexity index is 984. The van der Waals surface area contributed by atoms with E-state index < -0.39 is 5.82 Å². The molecule has 134 valence electrons. The average Bonchev–Trinajstić information content (AvgIpc) is 2.98. The SMILES string of the molecule is CC(=N)/C(=N\N)c1cc(OCCc2ncc(F)cn2)c2c(Cl)cnn2c1. The molecule has 3 rings (SSSR count). The van der Waals surface area contributed by atoms with Crippen LogP contribution in [0.4, 0.5) is 4.39 Å². The maximum absolute atomic E-state index is 12.9. The maximum atomic E-state index is 12.9. The van der Waals surface area contributed by atoms with E-state index in [9.17, 15) is 4.39 Å². The number of nitrogens with zero attached hydrogens (tertiary/aromatic N) is 5. The molecule has 0 saturated carbocycles. The van der Waals surface area contributed by atoms with Gasteiger partial charge in [-0.15, -0.1) is 0 Å². The lowest BCUT2D eigenvalue weighted by Gasteiger charge is -2.11. The highest BCUT2D eigenvalue weighted by Gasteiger charge is 2.15. The number of hydrazone groups is 1. The first kappa shape index (κ1) is 17.7. The number of ether oxygens (including phenoxy) is 1. The van der Waals surface area contributed by atoms with Crippen molar-refractivity contribution < 1.29 is 9.13 Å². The number of rotatable bonds is 6. The van der Waals surface area contributed by atoms with E-state index in [1.807, 2.05) is 0 Å². The van der Waals surface area contributed by atoms with Crippen LogP contribution in [0.5, 0.6) is 5.75 Å². The highest BCUT2D eigenvalue weighted by atomic mass is 35.5. The largest absolute Gasteiger partial charge is 0.491 e. The number of nitrogens with two attached hydrogens (primary N) is 1. The molecular weight excluding hydrogens is 361 g/mol. The Morgan fingerprint density at radius 1 is 1.38 bits per heavy atom. The smallest absolute Gasteiger partial charge is 0.159 e. The zero-order chi connectivity index (χ0) is 18.7. The van der Waals surface area contributed by atoms with Crippen molar-refractivity contribution in [1.82, 2.24) is 19.6 Å². The fourth-order valence-electron chi connectivity index (χ4n) is 2.40. The lowest BCUT2D eigenvalue weighted by Crippen LogP contribution is -2.15. The molecule has 0 fully saturated rings. The molecule has 0 atom stereocenters. The molecule has 3 heterocycles. The minimum atomic E-state index is -0.495. The van der Waals surface area contributed by atoms with Crippen molar-refractivity contribution in [2.75, 3.05) is 6.61 Å². The van der Waals surface area contributed by atoms with Crippen LogP contribution >= 0.6 is 11.6 Å². The molecule has 0 bridgehead atoms. The van der Waals surface area contributed by atoms with Crippen molar-refractivity contribution >= 4 is 28.5 Å². The predicted octanol–water partition coefficient (Wildman–Crippen LogP) is 2.24. The number of nitrogens with one attached hydrogen (secondary N) is 1. The Labute approximate surface area is 153 Å². The standard InChI is InChI=1S/C16H15ClFN7O/c1-9(19)15(24-20)10-4-13(16-12(17)7-23-25(16)8-10)26-3-2-14-21-5-11(18)6-22-14/h4-8,19H,2-3,20H2,1H3/b19-9?,24-15+. The van der Waals surface area contributed by atoms with Crippen LogP contribution in [0.25, 0.3) is 5.52 Å². The molecule has 3 aromatic rings. The molecule has 0 aromatic carbocycles. The Kier molecular flexibility index (Phi) is 5.08. The van der Waals surface area contributed by atoms with Crippen LogP contribution < -0.4 is 10.6 Å². The van der Waals surface area contributed by atoms with Crippen LogP contribution in [-0.4, -0.2) is 37.6 Å². The summed E-state index contributed by atoms with van der Waals surface area (Å²) in [5, 5.41) is 16.0. The molecular formula is C16H15ClFN7O. The molecule has 10 heteroatoms. The molecule has 26 heavy (non-hydrogen) atoms. The quantitative estimate of drug-likeness (QED) is 0.389. The van der Waals surface area contributed by atoms with E-state index in [1.54, 1.807) is 19.2 Å². The molecule has 0 unspecified atom stereocenters. The average molecular weight is 376 g/mol. The number of hydrogen-bond acceptors (Lipinski definition) is 7. The van der Waals surface area contributed by atoms with Crippen molar-refractivity contribution in [3.63, 3.8) is 0 Å². The zero-order valence-corrected chi connectivity index (χ0v) is 14.5. The van der Waals surface area contributed by atoms with Crippen molar-refractivity contribution in [2.45, 2.75) is 13.3 Å². The second kappa shape index (κ2) is 7.44. The molecule has 3 N–H and O–H groups in total. The Hall–Kier alpha value is -3.07. The summed E-state index contributed by atoms with van der Waals surface area (Å²) in [6.07, 6.45) is 5.75. The van der Waals surface area contributed by atoms with E-state index in [0.29, 0.717) is 39.8 Å². The first-order valence-electron chi connectivity index (χ1n) is 7.59. The first-order valence-corrected chi connectivity index (χ1v) is 7.97. The summed E-state index contributed by atoms with van der Waals surface area (Å²) in [7, 11) is 0. The molecule has 0 aliphatic rings. The molecule has 0 radical (unpaired) electrons. The number of fused-ring (bicyclic) bond motifs is 1. The third-order valence-electron chi connectivity index (χ3n) is 3.55. The normalized spacial score (nSPS) is 11.7. The highest BCUT2D eigenvalue weighted by molar-refractivity contribution is 6.46. The Morgan fingerprint density at radius 3 is 2.77 bits per heavy atom. The van der Waals surface area contributed by atoms with Crippen LogP contribution in [0, 0.1) is 11.2 Å². The van der Waals surface area contributed by atoms with Gasteiger partial charge in [-0.1, -0.05) is 11.6 Å². The molecule has 0 amide bonds. The highest BCUT2D eigenvalue weighted by Crippen LogP contribution is 2.28. The zero-order valence-electron chi connectivity index (χ0n) is 13.8. The Balaban J connectivity index is 1.89. The van der Waals surface area contributed by atoms with Crippen molar-refractivity contribution in [3.8, 4) is 5.75 Å². The summed E-state index contributed by atoms with van der Waals surface area (Å²) in [6.45, 7) is 1.82. The summed E-state index contributed by atoms with van der Waals surface area (Å²) in [6, 6.07) is 1.69. The van der Waals surface area contributed by atoms with Gasteiger partial charge in [0.2, 0.25) is 0 Å². The summed E-state index contributed by atoms with van der Waals surface area (Å²) < 4.78 is 20.2. The topological polar surface area (TPSA) is 115 Å². The van der Waals surface area contributed by atoms with Gasteiger partial charge in [-0.3, -0.25) is 0 Å². The van der Waals surface area contributed by atoms with Gasteiger partial charge in [-0.2, -0.15) is 10.2 Å². The van der Waals surface area contributed by atoms with Crippen LogP contribution in [-0.2, 0) is 6.42 Å². The Morgan fingerprint density at radius 2 is 2.12 bits per heavy atom. The van der Waals surface area contributed by atoms with Gasteiger partial charge in [-0.05, 0) is 13.0 Å². The van der Waals surface area contributed by atoms with Gasteiger partial charge in [0.15, 0.2) is 5.82 Å². The fourth-order valence-corrected chi connectivity index (χ4v) is 2.62. The molecule has 3 aromatic heterocycles. The lowest BCUT2D eigenvalue weighted by molar-refractivity contribution is 0.321. The van der Waals surface area contributed by atoms with Crippen LogP contribution in [0.3, 0.4) is 0 Å². The first-order chi connectivity index (χ1) is 12.5. The van der Waals surface area contributed by atoms with Gasteiger partial charge in [-0.25, -0.2) is 18.9 Å². The third kappa shape index (κ3) is 3.62. The van der Waals surface area contributed by atoms with E-state index in [1.165, 1.54) is 10.7 Å². The number of halogens is 2. The van der Waals surface area contributed by atoms with Crippen LogP contribution in [0.1, 0.15) is 18.3 Å². The molecule has 0 spiro atoms. The third-order valence-corrected chi connectivity index (χ3v) is 3.82. The van der Waals surface area contributed by atoms with Gasteiger partial charge >= 0.3 is 0 Å². The minimum absolute atomic E-state index is 0.204. The van der Waals surface area contributed by atoms with Crippen LogP contribution in [0.15, 0.2) is 36.0 Å². The monoisotopic (exact) mass is 375 g/mol. The second-order valence-electron chi connectivity index (χ2n) is 5.40. The van der Waals surface area contributed by atoms with Gasteiger partial charge < -0.3 is 16.0 Å². The molecule has 0 aliphatic heterocycles. The summed E-state index contributed by atoms with van der Waals surface area (Å²) >= 11 is 6.19. The van der Waals surface area contributed by atoms with E-state index in [2.05, 4.69) is 20.2 Å². The molecule has 0 saturated heterocycles. The van der Waals surface area contributed by atoms with Gasteiger partial charge in [0.05, 0.1) is 35.9 Å². The second-order valence-corrected chi connectivity index (χ2v) is 5.80. The molecule has 8 nitrogen and oxygen atoms in total.